The van der Waals surface area contributed by atoms with Crippen LogP contribution in [0.3, 0.4) is 0 Å². The van der Waals surface area contributed by atoms with Crippen molar-refractivity contribution in [2.24, 2.45) is 0 Å². The van der Waals surface area contributed by atoms with E-state index in [1.165, 1.54) is 11.3 Å². The average Bonchev–Trinajstić information content (AvgIpc) is 3.08. The minimum atomic E-state index is -0.909. The smallest absolute Gasteiger partial charge is 0.336 e. The predicted octanol–water partition coefficient (Wildman–Crippen LogP) is 3.30. The molecule has 0 unspecified atom stereocenters. The second kappa shape index (κ2) is 4.70. The van der Waals surface area contributed by atoms with Crippen LogP contribution in [0, 0.1) is 0 Å². The van der Waals surface area contributed by atoms with E-state index in [4.69, 9.17) is 5.11 Å². The molecule has 94 valence electrons. The van der Waals surface area contributed by atoms with Crippen molar-refractivity contribution in [3.05, 3.63) is 59.6 Å². The van der Waals surface area contributed by atoms with Crippen LogP contribution in [0.1, 0.15) is 10.4 Å². The second-order valence-electron chi connectivity index (χ2n) is 3.97. The molecule has 0 atom stereocenters. The summed E-state index contributed by atoms with van der Waals surface area (Å²) in [6.45, 7) is 0. The number of carboxylic acid groups (broad SMARTS) is 1. The Hall–Kier alpha value is -2.40. The molecule has 0 aliphatic rings. The zero-order valence-corrected chi connectivity index (χ0v) is 10.7. The van der Waals surface area contributed by atoms with Crippen LogP contribution in [0.25, 0.3) is 16.3 Å². The maximum Gasteiger partial charge on any atom is 0.336 e. The number of rotatable bonds is 3. The summed E-state index contributed by atoms with van der Waals surface area (Å²) in [5, 5.41) is 14.9. The van der Waals surface area contributed by atoms with E-state index in [-0.39, 0.29) is 0 Å². The second-order valence-corrected chi connectivity index (χ2v) is 4.88. The summed E-state index contributed by atoms with van der Waals surface area (Å²) in [6, 6.07) is 13.3. The number of benzene rings is 1. The molecule has 1 N–H and O–H groups in total. The van der Waals surface area contributed by atoms with Gasteiger partial charge in [0.15, 0.2) is 0 Å². The highest BCUT2D eigenvalue weighted by atomic mass is 32.1. The molecule has 3 aromatic rings. The fraction of sp³-hybridized carbons (Fsp3) is 0. The molecule has 2 heterocycles. The van der Waals surface area contributed by atoms with Gasteiger partial charge in [0.2, 0.25) is 0 Å². The van der Waals surface area contributed by atoms with E-state index in [9.17, 15) is 4.79 Å². The monoisotopic (exact) mass is 270 g/mol. The number of carbonyl (C=O) groups is 1. The first-order chi connectivity index (χ1) is 9.25. The van der Waals surface area contributed by atoms with Gasteiger partial charge in [-0.3, -0.25) is 0 Å². The minimum absolute atomic E-state index is 0.306. The quantitative estimate of drug-likeness (QED) is 0.794. The van der Waals surface area contributed by atoms with Crippen molar-refractivity contribution in [3.8, 4) is 16.3 Å². The molecule has 0 amide bonds. The molecule has 1 aromatic carbocycles. The molecular formula is C14H10N2O2S. The summed E-state index contributed by atoms with van der Waals surface area (Å²) >= 11 is 1.40. The Morgan fingerprint density at radius 2 is 2.00 bits per heavy atom. The summed E-state index contributed by atoms with van der Waals surface area (Å²) in [6.07, 6.45) is 1.71. The highest BCUT2D eigenvalue weighted by Gasteiger charge is 2.12. The summed E-state index contributed by atoms with van der Waals surface area (Å²) in [4.78, 5) is 11.8. The van der Waals surface area contributed by atoms with Gasteiger partial charge in [-0.15, -0.1) is 11.3 Å². The Kier molecular flexibility index (Phi) is 2.89. The highest BCUT2D eigenvalue weighted by molar-refractivity contribution is 7.13. The third kappa shape index (κ3) is 2.15. The van der Waals surface area contributed by atoms with Gasteiger partial charge in [0, 0.05) is 5.38 Å². The lowest BCUT2D eigenvalue weighted by molar-refractivity contribution is 0.0697. The summed E-state index contributed by atoms with van der Waals surface area (Å²) in [5.41, 5.74) is 2.15. The SMILES string of the molecule is O=C(O)c1csc(-c2ccnn2-c2ccccc2)c1. The number of hydrogen-bond donors (Lipinski definition) is 1. The van der Waals surface area contributed by atoms with Gasteiger partial charge < -0.3 is 5.11 Å². The van der Waals surface area contributed by atoms with Crippen LogP contribution in [0.5, 0.6) is 0 Å². The van der Waals surface area contributed by atoms with Crippen LogP contribution in [-0.2, 0) is 0 Å². The molecule has 5 heteroatoms. The number of aromatic nitrogens is 2. The first-order valence-electron chi connectivity index (χ1n) is 5.67. The molecule has 0 spiro atoms. The first-order valence-corrected chi connectivity index (χ1v) is 6.55. The number of para-hydroxylation sites is 1. The van der Waals surface area contributed by atoms with E-state index in [1.54, 1.807) is 22.3 Å². The van der Waals surface area contributed by atoms with Gasteiger partial charge in [0.25, 0.3) is 0 Å². The lowest BCUT2D eigenvalue weighted by Crippen LogP contribution is -1.97. The van der Waals surface area contributed by atoms with Gasteiger partial charge in [0.05, 0.1) is 28.0 Å². The zero-order valence-electron chi connectivity index (χ0n) is 9.85. The van der Waals surface area contributed by atoms with Gasteiger partial charge in [-0.05, 0) is 24.3 Å². The molecule has 0 aliphatic carbocycles. The zero-order chi connectivity index (χ0) is 13.2. The van der Waals surface area contributed by atoms with E-state index < -0.39 is 5.97 Å². The summed E-state index contributed by atoms with van der Waals surface area (Å²) in [7, 11) is 0. The number of carboxylic acids is 1. The van der Waals surface area contributed by atoms with Crippen LogP contribution in [-0.4, -0.2) is 20.9 Å². The van der Waals surface area contributed by atoms with Crippen molar-refractivity contribution in [2.75, 3.05) is 0 Å². The third-order valence-corrected chi connectivity index (χ3v) is 3.70. The van der Waals surface area contributed by atoms with E-state index in [1.807, 2.05) is 36.4 Å². The van der Waals surface area contributed by atoms with Crippen molar-refractivity contribution >= 4 is 17.3 Å². The Bertz CT molecular complexity index is 716. The lowest BCUT2D eigenvalue weighted by atomic mass is 10.2. The van der Waals surface area contributed by atoms with Crippen molar-refractivity contribution in [3.63, 3.8) is 0 Å². The molecule has 0 bridgehead atoms. The topological polar surface area (TPSA) is 55.1 Å². The third-order valence-electron chi connectivity index (χ3n) is 2.74. The van der Waals surface area contributed by atoms with Gasteiger partial charge in [-0.2, -0.15) is 5.10 Å². The van der Waals surface area contributed by atoms with Gasteiger partial charge in [-0.1, -0.05) is 18.2 Å². The van der Waals surface area contributed by atoms with E-state index in [0.717, 1.165) is 16.3 Å². The van der Waals surface area contributed by atoms with Crippen LogP contribution in [0.2, 0.25) is 0 Å². The first kappa shape index (κ1) is 11.7. The largest absolute Gasteiger partial charge is 0.478 e. The van der Waals surface area contributed by atoms with Gasteiger partial charge in [-0.25, -0.2) is 9.48 Å². The lowest BCUT2D eigenvalue weighted by Gasteiger charge is -2.05. The van der Waals surface area contributed by atoms with E-state index >= 15 is 0 Å². The molecule has 0 fully saturated rings. The van der Waals surface area contributed by atoms with Crippen molar-refractivity contribution < 1.29 is 9.90 Å². The molecule has 0 saturated heterocycles. The molecule has 19 heavy (non-hydrogen) atoms. The Morgan fingerprint density at radius 1 is 1.21 bits per heavy atom. The van der Waals surface area contributed by atoms with Crippen molar-refractivity contribution in [1.82, 2.24) is 9.78 Å². The molecule has 0 aliphatic heterocycles. The number of thiophene rings is 1. The van der Waals surface area contributed by atoms with Gasteiger partial charge >= 0.3 is 5.97 Å². The van der Waals surface area contributed by atoms with Crippen LogP contribution in [0.15, 0.2) is 54.0 Å². The van der Waals surface area contributed by atoms with E-state index in [2.05, 4.69) is 5.10 Å². The fourth-order valence-electron chi connectivity index (χ4n) is 1.85. The van der Waals surface area contributed by atoms with Crippen molar-refractivity contribution in [2.45, 2.75) is 0 Å². The Morgan fingerprint density at radius 3 is 2.68 bits per heavy atom. The predicted molar refractivity (Wildman–Crippen MR) is 73.8 cm³/mol. The average molecular weight is 270 g/mol. The minimum Gasteiger partial charge on any atom is -0.478 e. The Labute approximate surface area is 113 Å². The maximum absolute atomic E-state index is 10.9. The molecular weight excluding hydrogens is 260 g/mol. The standard InChI is InChI=1S/C14H10N2O2S/c17-14(18)10-8-13(19-9-10)12-6-7-15-16(12)11-4-2-1-3-5-11/h1-9H,(H,17,18). The highest BCUT2D eigenvalue weighted by Crippen LogP contribution is 2.28. The molecule has 2 aromatic heterocycles. The van der Waals surface area contributed by atoms with Gasteiger partial charge in [0.1, 0.15) is 0 Å². The van der Waals surface area contributed by atoms with Crippen LogP contribution < -0.4 is 0 Å². The molecule has 0 saturated carbocycles. The maximum atomic E-state index is 10.9. The van der Waals surface area contributed by atoms with Crippen molar-refractivity contribution in [1.29, 1.82) is 0 Å². The van der Waals surface area contributed by atoms with Crippen LogP contribution >= 0.6 is 11.3 Å². The summed E-state index contributed by atoms with van der Waals surface area (Å²) in [5.74, 6) is -0.909. The van der Waals surface area contributed by atoms with Crippen LogP contribution in [0.4, 0.5) is 0 Å². The fourth-order valence-corrected chi connectivity index (χ4v) is 2.74. The van der Waals surface area contributed by atoms with E-state index in [0.29, 0.717) is 5.56 Å². The normalized spacial score (nSPS) is 10.5. The Balaban J connectivity index is 2.07. The molecule has 0 radical (unpaired) electrons. The molecule has 4 nitrogen and oxygen atoms in total. The number of nitrogens with zero attached hydrogens (tertiary/aromatic N) is 2. The number of hydrogen-bond acceptors (Lipinski definition) is 3. The summed E-state index contributed by atoms with van der Waals surface area (Å²) < 4.78 is 1.80. The molecule has 3 rings (SSSR count). The number of aromatic carboxylic acids is 1.